The average Bonchev–Trinajstić information content (AvgIpc) is 2.99. The first-order valence-electron chi connectivity index (χ1n) is 13.1. The van der Waals surface area contributed by atoms with E-state index >= 15 is 0 Å². The predicted molar refractivity (Wildman–Crippen MR) is 153 cm³/mol. The zero-order valence-electron chi connectivity index (χ0n) is 22.9. The van der Waals surface area contributed by atoms with Crippen LogP contribution in [0, 0.1) is 6.92 Å². The van der Waals surface area contributed by atoms with Crippen LogP contribution in [-0.4, -0.2) is 37.1 Å². The van der Waals surface area contributed by atoms with E-state index in [-0.39, 0.29) is 0 Å². The Kier molecular flexibility index (Phi) is 11.6. The Hall–Kier alpha value is -4.98. The Bertz CT molecular complexity index is 1390. The molecule has 0 aliphatic carbocycles. The van der Waals surface area contributed by atoms with Crippen LogP contribution in [0.4, 0.5) is 0 Å². The number of esters is 4. The molecular weight excluding hydrogens is 524 g/mol. The molecule has 0 bridgehead atoms. The lowest BCUT2D eigenvalue weighted by Crippen LogP contribution is -2.11. The Morgan fingerprint density at radius 2 is 1.12 bits per heavy atom. The van der Waals surface area contributed by atoms with Gasteiger partial charge in [0.1, 0.15) is 11.5 Å². The quantitative estimate of drug-likeness (QED) is 0.107. The summed E-state index contributed by atoms with van der Waals surface area (Å²) in [6, 6.07) is 18.8. The van der Waals surface area contributed by atoms with Gasteiger partial charge < -0.3 is 18.9 Å². The number of hydrogen-bond donors (Lipinski definition) is 0. The summed E-state index contributed by atoms with van der Waals surface area (Å²) in [6.07, 6.45) is 4.95. The van der Waals surface area contributed by atoms with Crippen molar-refractivity contribution in [3.8, 4) is 11.5 Å². The van der Waals surface area contributed by atoms with Crippen molar-refractivity contribution in [2.24, 2.45) is 0 Å². The summed E-state index contributed by atoms with van der Waals surface area (Å²) < 4.78 is 21.0. The lowest BCUT2D eigenvalue weighted by molar-refractivity contribution is -0.138. The van der Waals surface area contributed by atoms with Crippen LogP contribution >= 0.6 is 0 Å². The molecule has 0 atom stereocenters. The molecule has 0 heterocycles. The van der Waals surface area contributed by atoms with Gasteiger partial charge in [0.05, 0.1) is 24.3 Å². The predicted octanol–water partition coefficient (Wildman–Crippen LogP) is 5.76. The van der Waals surface area contributed by atoms with Gasteiger partial charge in [-0.25, -0.2) is 19.2 Å². The molecule has 212 valence electrons. The summed E-state index contributed by atoms with van der Waals surface area (Å²) in [5.74, 6) is -1.25. The van der Waals surface area contributed by atoms with Crippen molar-refractivity contribution in [2.75, 3.05) is 13.2 Å². The van der Waals surface area contributed by atoms with Gasteiger partial charge in [-0.3, -0.25) is 0 Å². The van der Waals surface area contributed by atoms with Gasteiger partial charge in [-0.2, -0.15) is 0 Å². The second-order valence-electron chi connectivity index (χ2n) is 9.05. The molecule has 0 fully saturated rings. The highest BCUT2D eigenvalue weighted by molar-refractivity contribution is 5.92. The number of carbonyl (C=O) groups is 4. The van der Waals surface area contributed by atoms with E-state index < -0.39 is 23.9 Å². The molecule has 0 N–H and O–H groups in total. The van der Waals surface area contributed by atoms with Crippen LogP contribution in [0.2, 0.25) is 0 Å². The summed E-state index contributed by atoms with van der Waals surface area (Å²) >= 11 is 0. The van der Waals surface area contributed by atoms with Crippen LogP contribution in [0.3, 0.4) is 0 Å². The molecule has 0 unspecified atom stereocenters. The number of hydrogen-bond acceptors (Lipinski definition) is 8. The van der Waals surface area contributed by atoms with Crippen molar-refractivity contribution in [2.45, 2.75) is 32.6 Å². The maximum atomic E-state index is 12.6. The number of benzene rings is 3. The van der Waals surface area contributed by atoms with E-state index in [1.165, 1.54) is 0 Å². The third kappa shape index (κ3) is 9.93. The van der Waals surface area contributed by atoms with Gasteiger partial charge >= 0.3 is 23.9 Å². The molecule has 8 nitrogen and oxygen atoms in total. The zero-order chi connectivity index (χ0) is 29.6. The van der Waals surface area contributed by atoms with Crippen LogP contribution < -0.4 is 9.47 Å². The monoisotopic (exact) mass is 556 g/mol. The first-order valence-corrected chi connectivity index (χ1v) is 13.1. The molecule has 8 heteroatoms. The topological polar surface area (TPSA) is 105 Å². The van der Waals surface area contributed by atoms with Crippen LogP contribution in [0.5, 0.6) is 11.5 Å². The van der Waals surface area contributed by atoms with E-state index in [9.17, 15) is 19.2 Å². The minimum atomic E-state index is -0.514. The normalized spacial score (nSPS) is 10.3. The van der Waals surface area contributed by atoms with E-state index in [1.54, 1.807) is 49.4 Å². The van der Waals surface area contributed by atoms with Crippen LogP contribution in [-0.2, 0) is 31.9 Å². The van der Waals surface area contributed by atoms with Gasteiger partial charge in [-0.15, -0.1) is 0 Å². The standard InChI is InChI=1S/C33H32O8/c1-4-30(34)38-20-6-8-24-10-14-26(15-11-24)32(36)40-28-18-19-29(23(3)22-28)41-33(37)27-16-12-25(13-17-27)9-7-21-39-31(35)5-2/h4-5,10-19,22H,1-2,6-9,20-21H2,3H3. The van der Waals surface area contributed by atoms with E-state index in [0.29, 0.717) is 67.1 Å². The number of aryl methyl sites for hydroxylation is 3. The highest BCUT2D eigenvalue weighted by Gasteiger charge is 2.14. The summed E-state index contributed by atoms with van der Waals surface area (Å²) in [6.45, 7) is 9.05. The Morgan fingerprint density at radius 1 is 0.659 bits per heavy atom. The van der Waals surface area contributed by atoms with Crippen molar-refractivity contribution in [3.05, 3.63) is 120 Å². The van der Waals surface area contributed by atoms with Gasteiger partial charge in [-0.1, -0.05) is 37.4 Å². The Labute approximate surface area is 239 Å². The molecule has 0 saturated carbocycles. The highest BCUT2D eigenvalue weighted by Crippen LogP contribution is 2.25. The Morgan fingerprint density at radius 3 is 1.56 bits per heavy atom. The van der Waals surface area contributed by atoms with Gasteiger partial charge in [0.2, 0.25) is 0 Å². The maximum Gasteiger partial charge on any atom is 0.343 e. The third-order valence-electron chi connectivity index (χ3n) is 5.98. The molecule has 3 aromatic carbocycles. The fraction of sp³-hybridized carbons (Fsp3) is 0.212. The maximum absolute atomic E-state index is 12.6. The molecule has 3 rings (SSSR count). The van der Waals surface area contributed by atoms with Gasteiger partial charge in [0.25, 0.3) is 0 Å². The van der Waals surface area contributed by atoms with Crippen molar-refractivity contribution in [3.63, 3.8) is 0 Å². The summed E-state index contributed by atoms with van der Waals surface area (Å²) in [7, 11) is 0. The van der Waals surface area contributed by atoms with E-state index in [4.69, 9.17) is 18.9 Å². The summed E-state index contributed by atoms with van der Waals surface area (Å²) in [4.78, 5) is 47.4. The molecule has 0 radical (unpaired) electrons. The molecule has 0 aliphatic rings. The average molecular weight is 557 g/mol. The molecule has 3 aromatic rings. The summed E-state index contributed by atoms with van der Waals surface area (Å²) in [5.41, 5.74) is 3.41. The summed E-state index contributed by atoms with van der Waals surface area (Å²) in [5, 5.41) is 0. The van der Waals surface area contributed by atoms with E-state index in [0.717, 1.165) is 23.3 Å². The molecule has 0 amide bonds. The van der Waals surface area contributed by atoms with Gasteiger partial charge in [0.15, 0.2) is 0 Å². The second kappa shape index (κ2) is 15.6. The lowest BCUT2D eigenvalue weighted by Gasteiger charge is -2.10. The third-order valence-corrected chi connectivity index (χ3v) is 5.98. The fourth-order valence-corrected chi connectivity index (χ4v) is 3.76. The first kappa shape index (κ1) is 30.6. The van der Waals surface area contributed by atoms with Crippen molar-refractivity contribution >= 4 is 23.9 Å². The highest BCUT2D eigenvalue weighted by atomic mass is 16.5. The molecule has 0 aromatic heterocycles. The molecule has 41 heavy (non-hydrogen) atoms. The smallest absolute Gasteiger partial charge is 0.343 e. The van der Waals surface area contributed by atoms with Gasteiger partial charge in [-0.05, 0) is 91.8 Å². The minimum absolute atomic E-state index is 0.295. The molecule has 0 spiro atoms. The van der Waals surface area contributed by atoms with E-state index in [2.05, 4.69) is 13.2 Å². The molecular formula is C33H32O8. The SMILES string of the molecule is C=CC(=O)OCCCc1ccc(C(=O)Oc2ccc(OC(=O)c3ccc(CCCOC(=O)C=C)cc3)c(C)c2)cc1. The number of carbonyl (C=O) groups excluding carboxylic acids is 4. The largest absolute Gasteiger partial charge is 0.463 e. The van der Waals surface area contributed by atoms with Crippen molar-refractivity contribution < 1.29 is 38.1 Å². The Balaban J connectivity index is 1.49. The number of rotatable bonds is 14. The van der Waals surface area contributed by atoms with E-state index in [1.807, 2.05) is 24.3 Å². The lowest BCUT2D eigenvalue weighted by atomic mass is 10.1. The molecule has 0 saturated heterocycles. The second-order valence-corrected chi connectivity index (χ2v) is 9.05. The van der Waals surface area contributed by atoms with Crippen molar-refractivity contribution in [1.82, 2.24) is 0 Å². The minimum Gasteiger partial charge on any atom is -0.463 e. The van der Waals surface area contributed by atoms with Crippen molar-refractivity contribution in [1.29, 1.82) is 0 Å². The fourth-order valence-electron chi connectivity index (χ4n) is 3.76. The zero-order valence-corrected chi connectivity index (χ0v) is 22.9. The molecule has 0 aliphatic heterocycles. The van der Waals surface area contributed by atoms with Gasteiger partial charge in [0, 0.05) is 12.2 Å². The number of ether oxygens (including phenoxy) is 4. The van der Waals surface area contributed by atoms with Crippen LogP contribution in [0.15, 0.2) is 92.0 Å². The first-order chi connectivity index (χ1) is 19.8. The van der Waals surface area contributed by atoms with Crippen LogP contribution in [0.25, 0.3) is 0 Å². The van der Waals surface area contributed by atoms with Crippen LogP contribution in [0.1, 0.15) is 50.2 Å².